The van der Waals surface area contributed by atoms with Gasteiger partial charge in [0.05, 0.1) is 25.2 Å². The van der Waals surface area contributed by atoms with Crippen LogP contribution in [0.1, 0.15) is 25.1 Å². The lowest BCUT2D eigenvalue weighted by molar-refractivity contribution is -0.125. The second kappa shape index (κ2) is 8.82. The summed E-state index contributed by atoms with van der Waals surface area (Å²) < 4.78 is 0. The fourth-order valence-electron chi connectivity index (χ4n) is 2.61. The standard InChI is InChI=1S/C19H21N5O4S/c1-11(2)17(27)23-18-22-14(10-29-18)7-15(25)21-13-5-3-4-12(6-13)9-24-16(26)8-20-19(24)28/h3-6,10-11H,7-9H2,1-2H3,(H,20,28)(H,21,25)(H,22,23,27). The molecule has 5 amide bonds. The number of urea groups is 1. The first kappa shape index (κ1) is 20.5. The molecule has 0 radical (unpaired) electrons. The van der Waals surface area contributed by atoms with Crippen molar-refractivity contribution in [1.82, 2.24) is 15.2 Å². The quantitative estimate of drug-likeness (QED) is 0.597. The van der Waals surface area contributed by atoms with E-state index in [1.54, 1.807) is 43.5 Å². The minimum absolute atomic E-state index is 0.00249. The van der Waals surface area contributed by atoms with Crippen molar-refractivity contribution in [3.63, 3.8) is 0 Å². The van der Waals surface area contributed by atoms with Crippen LogP contribution in [0.5, 0.6) is 0 Å². The van der Waals surface area contributed by atoms with E-state index < -0.39 is 6.03 Å². The lowest BCUT2D eigenvalue weighted by Crippen LogP contribution is -2.30. The molecule has 0 atom stereocenters. The first-order chi connectivity index (χ1) is 13.8. The SMILES string of the molecule is CC(C)C(=O)Nc1nc(CC(=O)Nc2cccc(CN3C(=O)CNC3=O)c2)cs1. The van der Waals surface area contributed by atoms with Crippen LogP contribution in [0.3, 0.4) is 0 Å². The highest BCUT2D eigenvalue weighted by Crippen LogP contribution is 2.18. The van der Waals surface area contributed by atoms with Gasteiger partial charge in [0.25, 0.3) is 0 Å². The van der Waals surface area contributed by atoms with Gasteiger partial charge in [0.1, 0.15) is 0 Å². The summed E-state index contributed by atoms with van der Waals surface area (Å²) in [6.07, 6.45) is 0.0608. The molecule has 0 spiro atoms. The molecule has 0 aliphatic carbocycles. The van der Waals surface area contributed by atoms with Gasteiger partial charge in [-0.05, 0) is 17.7 Å². The summed E-state index contributed by atoms with van der Waals surface area (Å²) in [5.74, 6) is -0.824. The number of aromatic nitrogens is 1. The minimum Gasteiger partial charge on any atom is -0.329 e. The Morgan fingerprint density at radius 2 is 2.07 bits per heavy atom. The Labute approximate surface area is 171 Å². The summed E-state index contributed by atoms with van der Waals surface area (Å²) in [6.45, 7) is 3.72. The Balaban J connectivity index is 1.57. The predicted molar refractivity (Wildman–Crippen MR) is 108 cm³/mol. The Morgan fingerprint density at radius 1 is 1.28 bits per heavy atom. The molecule has 0 bridgehead atoms. The maximum Gasteiger partial charge on any atom is 0.324 e. The van der Waals surface area contributed by atoms with Crippen LogP contribution < -0.4 is 16.0 Å². The fourth-order valence-corrected chi connectivity index (χ4v) is 3.32. The van der Waals surface area contributed by atoms with Crippen LogP contribution in [0.15, 0.2) is 29.6 Å². The van der Waals surface area contributed by atoms with Crippen LogP contribution in [0.4, 0.5) is 15.6 Å². The average molecular weight is 415 g/mol. The van der Waals surface area contributed by atoms with E-state index in [-0.39, 0.29) is 43.1 Å². The first-order valence-electron chi connectivity index (χ1n) is 9.04. The molecule has 2 aromatic rings. The largest absolute Gasteiger partial charge is 0.329 e. The van der Waals surface area contributed by atoms with Gasteiger partial charge in [-0.15, -0.1) is 11.3 Å². The number of nitrogens with zero attached hydrogens (tertiary/aromatic N) is 2. The maximum atomic E-state index is 12.3. The highest BCUT2D eigenvalue weighted by Gasteiger charge is 2.28. The average Bonchev–Trinajstić information content (AvgIpc) is 3.23. The summed E-state index contributed by atoms with van der Waals surface area (Å²) in [6, 6.07) is 6.53. The third kappa shape index (κ3) is 5.38. The van der Waals surface area contributed by atoms with Crippen molar-refractivity contribution in [3.05, 3.63) is 40.9 Å². The molecule has 152 valence electrons. The van der Waals surface area contributed by atoms with Crippen LogP contribution in [-0.2, 0) is 27.3 Å². The van der Waals surface area contributed by atoms with E-state index in [9.17, 15) is 19.2 Å². The lowest BCUT2D eigenvalue weighted by atomic mass is 10.2. The van der Waals surface area contributed by atoms with Crippen LogP contribution in [0.25, 0.3) is 0 Å². The molecular weight excluding hydrogens is 394 g/mol. The smallest absolute Gasteiger partial charge is 0.324 e. The van der Waals surface area contributed by atoms with Gasteiger partial charge < -0.3 is 16.0 Å². The molecule has 3 rings (SSSR count). The zero-order valence-corrected chi connectivity index (χ0v) is 16.8. The van der Waals surface area contributed by atoms with Crippen molar-refractivity contribution < 1.29 is 19.2 Å². The highest BCUT2D eigenvalue weighted by atomic mass is 32.1. The molecule has 0 saturated carbocycles. The Bertz CT molecular complexity index is 940. The molecule has 1 saturated heterocycles. The highest BCUT2D eigenvalue weighted by molar-refractivity contribution is 7.13. The molecular formula is C19H21N5O4S. The van der Waals surface area contributed by atoms with Gasteiger partial charge in [0.15, 0.2) is 5.13 Å². The molecule has 9 nitrogen and oxygen atoms in total. The van der Waals surface area contributed by atoms with Crippen LogP contribution in [-0.4, -0.2) is 40.2 Å². The number of imide groups is 1. The molecule has 1 aromatic heterocycles. The van der Waals surface area contributed by atoms with Gasteiger partial charge in [-0.3, -0.25) is 19.3 Å². The molecule has 29 heavy (non-hydrogen) atoms. The Morgan fingerprint density at radius 3 is 2.76 bits per heavy atom. The summed E-state index contributed by atoms with van der Waals surface area (Å²) >= 11 is 1.27. The van der Waals surface area contributed by atoms with Crippen molar-refractivity contribution in [2.45, 2.75) is 26.8 Å². The summed E-state index contributed by atoms with van der Waals surface area (Å²) in [5, 5.41) is 10.1. The molecule has 10 heteroatoms. The fraction of sp³-hybridized carbons (Fsp3) is 0.316. The zero-order valence-electron chi connectivity index (χ0n) is 16.0. The lowest BCUT2D eigenvalue weighted by Gasteiger charge is -2.13. The first-order valence-corrected chi connectivity index (χ1v) is 9.92. The van der Waals surface area contributed by atoms with Gasteiger partial charge in [0.2, 0.25) is 17.7 Å². The van der Waals surface area contributed by atoms with Crippen molar-refractivity contribution in [1.29, 1.82) is 0 Å². The molecule has 1 fully saturated rings. The van der Waals surface area contributed by atoms with Crippen molar-refractivity contribution in [3.8, 4) is 0 Å². The van der Waals surface area contributed by atoms with Crippen LogP contribution >= 0.6 is 11.3 Å². The molecule has 1 aromatic carbocycles. The molecule has 1 aliphatic rings. The van der Waals surface area contributed by atoms with Gasteiger partial charge in [-0.1, -0.05) is 26.0 Å². The van der Waals surface area contributed by atoms with Crippen molar-refractivity contribution in [2.24, 2.45) is 5.92 Å². The van der Waals surface area contributed by atoms with Gasteiger partial charge in [-0.25, -0.2) is 9.78 Å². The topological polar surface area (TPSA) is 120 Å². The number of nitrogens with one attached hydrogen (secondary N) is 3. The second-order valence-electron chi connectivity index (χ2n) is 6.85. The molecule has 0 unspecified atom stereocenters. The van der Waals surface area contributed by atoms with Crippen molar-refractivity contribution >= 4 is 45.9 Å². The zero-order chi connectivity index (χ0) is 21.0. The normalized spacial score (nSPS) is 13.6. The number of hydrogen-bond donors (Lipinski definition) is 3. The summed E-state index contributed by atoms with van der Waals surface area (Å²) in [5.41, 5.74) is 1.84. The van der Waals surface area contributed by atoms with E-state index in [4.69, 9.17) is 0 Å². The Hall–Kier alpha value is -3.27. The third-order valence-electron chi connectivity index (χ3n) is 4.14. The molecule has 2 heterocycles. The van der Waals surface area contributed by atoms with E-state index in [1.165, 1.54) is 11.3 Å². The van der Waals surface area contributed by atoms with Gasteiger partial charge >= 0.3 is 6.03 Å². The predicted octanol–water partition coefficient (Wildman–Crippen LogP) is 1.97. The minimum atomic E-state index is -0.423. The number of rotatable bonds is 7. The number of amides is 5. The van der Waals surface area contributed by atoms with E-state index >= 15 is 0 Å². The number of anilines is 2. The van der Waals surface area contributed by atoms with E-state index in [0.717, 1.165) is 10.5 Å². The van der Waals surface area contributed by atoms with E-state index in [0.29, 0.717) is 16.5 Å². The monoisotopic (exact) mass is 415 g/mol. The van der Waals surface area contributed by atoms with Crippen LogP contribution in [0.2, 0.25) is 0 Å². The number of benzene rings is 1. The van der Waals surface area contributed by atoms with E-state index in [1.807, 2.05) is 0 Å². The van der Waals surface area contributed by atoms with Gasteiger partial charge in [-0.2, -0.15) is 0 Å². The Kier molecular flexibility index (Phi) is 6.23. The number of thiazole rings is 1. The molecule has 3 N–H and O–H groups in total. The third-order valence-corrected chi connectivity index (χ3v) is 4.94. The maximum absolute atomic E-state index is 12.3. The molecule has 1 aliphatic heterocycles. The van der Waals surface area contributed by atoms with E-state index in [2.05, 4.69) is 20.9 Å². The summed E-state index contributed by atoms with van der Waals surface area (Å²) in [4.78, 5) is 52.8. The number of carbonyl (C=O) groups excluding carboxylic acids is 4. The number of carbonyl (C=O) groups is 4. The van der Waals surface area contributed by atoms with Gasteiger partial charge in [0, 0.05) is 17.0 Å². The second-order valence-corrected chi connectivity index (χ2v) is 7.71. The summed E-state index contributed by atoms with van der Waals surface area (Å²) in [7, 11) is 0. The number of hydrogen-bond acceptors (Lipinski definition) is 6. The van der Waals surface area contributed by atoms with Crippen LogP contribution in [0, 0.1) is 5.92 Å². The van der Waals surface area contributed by atoms with Crippen molar-refractivity contribution in [2.75, 3.05) is 17.2 Å².